The Bertz CT molecular complexity index is 607. The van der Waals surface area contributed by atoms with Crippen molar-refractivity contribution in [3.63, 3.8) is 0 Å². The lowest BCUT2D eigenvalue weighted by Gasteiger charge is -2.15. The van der Waals surface area contributed by atoms with Gasteiger partial charge >= 0.3 is 6.18 Å². The van der Waals surface area contributed by atoms with E-state index in [1.165, 1.54) is 6.07 Å². The van der Waals surface area contributed by atoms with Gasteiger partial charge in [0.25, 0.3) is 0 Å². The van der Waals surface area contributed by atoms with Crippen LogP contribution in [0.25, 0.3) is 0 Å². The molecule has 0 aliphatic carbocycles. The Labute approximate surface area is 119 Å². The van der Waals surface area contributed by atoms with Gasteiger partial charge in [-0.15, -0.1) is 0 Å². The molecule has 1 atom stereocenters. The fourth-order valence-corrected chi connectivity index (χ4v) is 2.03. The molecule has 20 heavy (non-hydrogen) atoms. The number of hydrogen-bond acceptors (Lipinski definition) is 2. The summed E-state index contributed by atoms with van der Waals surface area (Å²) in [6, 6.07) is 6.65. The van der Waals surface area contributed by atoms with Gasteiger partial charge in [0.2, 0.25) is 0 Å². The Morgan fingerprint density at radius 2 is 1.90 bits per heavy atom. The van der Waals surface area contributed by atoms with E-state index in [9.17, 15) is 13.2 Å². The van der Waals surface area contributed by atoms with Crippen LogP contribution in [0.2, 0.25) is 5.02 Å². The summed E-state index contributed by atoms with van der Waals surface area (Å²) in [5, 5.41) is 3.05. The van der Waals surface area contributed by atoms with Gasteiger partial charge in [-0.25, -0.2) is 0 Å². The van der Waals surface area contributed by atoms with Crippen molar-refractivity contribution in [3.05, 3.63) is 52.4 Å². The molecule has 0 amide bonds. The number of alkyl halides is 3. The first-order chi connectivity index (χ1) is 9.27. The number of aryl methyl sites for hydroxylation is 1. The van der Waals surface area contributed by atoms with Crippen LogP contribution in [0.1, 0.15) is 30.0 Å². The Morgan fingerprint density at radius 1 is 1.20 bits per heavy atom. The van der Waals surface area contributed by atoms with Gasteiger partial charge in [0.1, 0.15) is 11.5 Å². The quantitative estimate of drug-likeness (QED) is 0.817. The first-order valence-corrected chi connectivity index (χ1v) is 6.35. The molecule has 0 radical (unpaired) electrons. The van der Waals surface area contributed by atoms with E-state index in [0.29, 0.717) is 11.4 Å². The number of rotatable bonds is 3. The standard InChI is InChI=1S/C14H13ClF3NO/c1-8-3-6-13(20-8)9(2)19-12-5-4-10(7-11(12)15)14(16,17)18/h3-7,9,19H,1-2H3. The van der Waals surface area contributed by atoms with Crippen molar-refractivity contribution in [2.24, 2.45) is 0 Å². The van der Waals surface area contributed by atoms with Crippen molar-refractivity contribution in [1.29, 1.82) is 0 Å². The molecule has 2 nitrogen and oxygen atoms in total. The molecule has 0 aliphatic rings. The smallest absolute Gasteiger partial charge is 0.416 e. The van der Waals surface area contributed by atoms with E-state index in [2.05, 4.69) is 5.32 Å². The molecule has 1 N–H and O–H groups in total. The maximum absolute atomic E-state index is 12.5. The first-order valence-electron chi connectivity index (χ1n) is 5.97. The minimum absolute atomic E-state index is 0.0231. The van der Waals surface area contributed by atoms with Crippen LogP contribution in [0.3, 0.4) is 0 Å². The van der Waals surface area contributed by atoms with E-state index in [1.54, 1.807) is 0 Å². The van der Waals surface area contributed by atoms with E-state index in [1.807, 2.05) is 26.0 Å². The van der Waals surface area contributed by atoms with Crippen molar-refractivity contribution < 1.29 is 17.6 Å². The predicted molar refractivity (Wildman–Crippen MR) is 71.9 cm³/mol. The molecule has 1 aromatic carbocycles. The van der Waals surface area contributed by atoms with E-state index in [0.717, 1.165) is 17.9 Å². The zero-order chi connectivity index (χ0) is 14.9. The maximum Gasteiger partial charge on any atom is 0.416 e. The number of halogens is 4. The lowest BCUT2D eigenvalue weighted by Crippen LogP contribution is -2.08. The van der Waals surface area contributed by atoms with E-state index >= 15 is 0 Å². The van der Waals surface area contributed by atoms with Crippen LogP contribution in [0.4, 0.5) is 18.9 Å². The van der Waals surface area contributed by atoms with Crippen LogP contribution in [-0.2, 0) is 6.18 Å². The van der Waals surface area contributed by atoms with Crippen LogP contribution in [0, 0.1) is 6.92 Å². The van der Waals surface area contributed by atoms with Gasteiger partial charge in [-0.2, -0.15) is 13.2 Å². The van der Waals surface area contributed by atoms with E-state index < -0.39 is 11.7 Å². The van der Waals surface area contributed by atoms with Crippen LogP contribution in [-0.4, -0.2) is 0 Å². The molecular formula is C14H13ClF3NO. The summed E-state index contributed by atoms with van der Waals surface area (Å²) in [6.45, 7) is 3.66. The molecule has 2 rings (SSSR count). The monoisotopic (exact) mass is 303 g/mol. The first kappa shape index (κ1) is 14.8. The highest BCUT2D eigenvalue weighted by Gasteiger charge is 2.31. The zero-order valence-electron chi connectivity index (χ0n) is 10.9. The van der Waals surface area contributed by atoms with Gasteiger partial charge in [0.05, 0.1) is 22.3 Å². The van der Waals surface area contributed by atoms with E-state index in [-0.39, 0.29) is 11.1 Å². The predicted octanol–water partition coefficient (Wildman–Crippen LogP) is 5.43. The summed E-state index contributed by atoms with van der Waals surface area (Å²) in [7, 11) is 0. The molecule has 1 aromatic heterocycles. The van der Waals surface area contributed by atoms with Gasteiger partial charge in [-0.3, -0.25) is 0 Å². The van der Waals surface area contributed by atoms with Crippen LogP contribution < -0.4 is 5.32 Å². The number of benzene rings is 1. The summed E-state index contributed by atoms with van der Waals surface area (Å²) in [4.78, 5) is 0. The number of nitrogens with one attached hydrogen (secondary N) is 1. The summed E-state index contributed by atoms with van der Waals surface area (Å²) >= 11 is 5.88. The molecule has 0 spiro atoms. The third-order valence-electron chi connectivity index (χ3n) is 2.86. The van der Waals surface area contributed by atoms with Crippen molar-refractivity contribution >= 4 is 17.3 Å². The molecule has 108 valence electrons. The van der Waals surface area contributed by atoms with Crippen LogP contribution >= 0.6 is 11.6 Å². The van der Waals surface area contributed by atoms with E-state index in [4.69, 9.17) is 16.0 Å². The largest absolute Gasteiger partial charge is 0.464 e. The summed E-state index contributed by atoms with van der Waals surface area (Å²) in [5.74, 6) is 1.46. The minimum atomic E-state index is -4.40. The lowest BCUT2D eigenvalue weighted by atomic mass is 10.1. The Balaban J connectivity index is 2.18. The normalized spacial score (nSPS) is 13.3. The van der Waals surface area contributed by atoms with Gasteiger partial charge in [0, 0.05) is 0 Å². The molecule has 0 saturated carbocycles. The molecule has 1 heterocycles. The molecule has 6 heteroatoms. The summed E-state index contributed by atoms with van der Waals surface area (Å²) < 4.78 is 43.1. The highest BCUT2D eigenvalue weighted by Crippen LogP contribution is 2.34. The SMILES string of the molecule is Cc1ccc(C(C)Nc2ccc(C(F)(F)F)cc2Cl)o1. The zero-order valence-corrected chi connectivity index (χ0v) is 11.6. The highest BCUT2D eigenvalue weighted by molar-refractivity contribution is 6.33. The van der Waals surface area contributed by atoms with Gasteiger partial charge < -0.3 is 9.73 Å². The molecule has 1 unspecified atom stereocenters. The van der Waals surface area contributed by atoms with Gasteiger partial charge in [0.15, 0.2) is 0 Å². The van der Waals surface area contributed by atoms with Crippen LogP contribution in [0.5, 0.6) is 0 Å². The average molecular weight is 304 g/mol. The fourth-order valence-electron chi connectivity index (χ4n) is 1.80. The fraction of sp³-hybridized carbons (Fsp3) is 0.286. The maximum atomic E-state index is 12.5. The Hall–Kier alpha value is -1.62. The second kappa shape index (κ2) is 5.40. The van der Waals surface area contributed by atoms with Gasteiger partial charge in [-0.05, 0) is 44.2 Å². The molecule has 0 saturated heterocycles. The molecular weight excluding hydrogens is 291 g/mol. The van der Waals surface area contributed by atoms with Crippen LogP contribution in [0.15, 0.2) is 34.7 Å². The number of anilines is 1. The van der Waals surface area contributed by atoms with Crippen molar-refractivity contribution in [1.82, 2.24) is 0 Å². The minimum Gasteiger partial charge on any atom is -0.464 e. The van der Waals surface area contributed by atoms with Gasteiger partial charge in [-0.1, -0.05) is 11.6 Å². The summed E-state index contributed by atoms with van der Waals surface area (Å²) in [6.07, 6.45) is -4.40. The molecule has 0 bridgehead atoms. The number of hydrogen-bond donors (Lipinski definition) is 1. The molecule has 2 aromatic rings. The lowest BCUT2D eigenvalue weighted by molar-refractivity contribution is -0.137. The summed E-state index contributed by atoms with van der Waals surface area (Å²) in [5.41, 5.74) is -0.337. The van der Waals surface area contributed by atoms with Crippen molar-refractivity contribution in [2.45, 2.75) is 26.1 Å². The van der Waals surface area contributed by atoms with Crippen molar-refractivity contribution in [2.75, 3.05) is 5.32 Å². The Morgan fingerprint density at radius 3 is 2.40 bits per heavy atom. The second-order valence-electron chi connectivity index (χ2n) is 4.51. The second-order valence-corrected chi connectivity index (χ2v) is 4.91. The average Bonchev–Trinajstić information content (AvgIpc) is 2.77. The molecule has 0 fully saturated rings. The number of furan rings is 1. The topological polar surface area (TPSA) is 25.2 Å². The molecule has 0 aliphatic heterocycles. The third kappa shape index (κ3) is 3.28. The Kier molecular flexibility index (Phi) is 3.99. The van der Waals surface area contributed by atoms with Crippen molar-refractivity contribution in [3.8, 4) is 0 Å². The highest BCUT2D eigenvalue weighted by atomic mass is 35.5. The third-order valence-corrected chi connectivity index (χ3v) is 3.17.